The van der Waals surface area contributed by atoms with Crippen LogP contribution in [0.4, 0.5) is 17.8 Å². The first-order valence-electron chi connectivity index (χ1n) is 7.27. The molecule has 8 heteroatoms. The molecule has 2 N–H and O–H groups in total. The predicted octanol–water partition coefficient (Wildman–Crippen LogP) is 0.112. The van der Waals surface area contributed by atoms with Gasteiger partial charge in [0.1, 0.15) is 0 Å². The van der Waals surface area contributed by atoms with Gasteiger partial charge in [-0.1, -0.05) is 0 Å². The van der Waals surface area contributed by atoms with Crippen molar-refractivity contribution in [1.82, 2.24) is 19.9 Å². The number of morpholine rings is 1. The van der Waals surface area contributed by atoms with E-state index in [4.69, 9.17) is 4.74 Å². The molecular weight excluding hydrogens is 270 g/mol. The Labute approximate surface area is 125 Å². The van der Waals surface area contributed by atoms with Gasteiger partial charge < -0.3 is 25.2 Å². The molecule has 0 saturated carbocycles. The Bertz CT molecular complexity index is 448. The molecule has 0 spiro atoms. The molecular formula is C13H25N7O. The summed E-state index contributed by atoms with van der Waals surface area (Å²) in [5, 5.41) is 6.26. The minimum Gasteiger partial charge on any atom is -0.378 e. The molecule has 1 fully saturated rings. The Kier molecular flexibility index (Phi) is 5.51. The molecule has 0 radical (unpaired) electrons. The topological polar surface area (TPSA) is 78.4 Å². The second-order valence-corrected chi connectivity index (χ2v) is 5.33. The van der Waals surface area contributed by atoms with E-state index >= 15 is 0 Å². The highest BCUT2D eigenvalue weighted by molar-refractivity contribution is 5.43. The van der Waals surface area contributed by atoms with Crippen LogP contribution in [0.15, 0.2) is 0 Å². The Morgan fingerprint density at radius 3 is 2.48 bits per heavy atom. The van der Waals surface area contributed by atoms with Crippen molar-refractivity contribution in [2.24, 2.45) is 0 Å². The summed E-state index contributed by atoms with van der Waals surface area (Å²) in [7, 11) is 5.92. The summed E-state index contributed by atoms with van der Waals surface area (Å²) in [5.74, 6) is 1.87. The number of ether oxygens (including phenoxy) is 1. The average molecular weight is 295 g/mol. The van der Waals surface area contributed by atoms with Gasteiger partial charge in [0.2, 0.25) is 17.8 Å². The van der Waals surface area contributed by atoms with Crippen LogP contribution in [-0.2, 0) is 4.74 Å². The summed E-state index contributed by atoms with van der Waals surface area (Å²) < 4.78 is 5.36. The zero-order valence-corrected chi connectivity index (χ0v) is 13.3. The van der Waals surface area contributed by atoms with Crippen LogP contribution in [0.3, 0.4) is 0 Å². The van der Waals surface area contributed by atoms with E-state index in [1.807, 2.05) is 7.05 Å². The Hall–Kier alpha value is -1.67. The molecule has 1 aromatic heterocycles. The molecule has 118 valence electrons. The Morgan fingerprint density at radius 2 is 1.86 bits per heavy atom. The van der Waals surface area contributed by atoms with Crippen LogP contribution >= 0.6 is 0 Å². The molecule has 1 aliphatic rings. The fraction of sp³-hybridized carbons (Fsp3) is 0.769. The van der Waals surface area contributed by atoms with Gasteiger partial charge in [-0.3, -0.25) is 0 Å². The molecule has 0 amide bonds. The van der Waals surface area contributed by atoms with E-state index in [1.165, 1.54) is 0 Å². The number of nitrogens with one attached hydrogen (secondary N) is 2. The van der Waals surface area contributed by atoms with Crippen LogP contribution < -0.4 is 15.5 Å². The number of likely N-dealkylation sites (N-methyl/N-ethyl adjacent to an activating group) is 1. The van der Waals surface area contributed by atoms with Crippen LogP contribution in [-0.4, -0.2) is 79.9 Å². The van der Waals surface area contributed by atoms with Gasteiger partial charge in [0.25, 0.3) is 0 Å². The first-order valence-corrected chi connectivity index (χ1v) is 7.27. The lowest BCUT2D eigenvalue weighted by atomic mass is 10.3. The fourth-order valence-corrected chi connectivity index (χ4v) is 1.88. The predicted molar refractivity (Wildman–Crippen MR) is 84.0 cm³/mol. The summed E-state index contributed by atoms with van der Waals surface area (Å²) in [6, 6.07) is 0.395. The second-order valence-electron chi connectivity index (χ2n) is 5.33. The first kappa shape index (κ1) is 15.7. The van der Waals surface area contributed by atoms with E-state index < -0.39 is 0 Å². The van der Waals surface area contributed by atoms with Crippen LogP contribution in [0.5, 0.6) is 0 Å². The molecule has 21 heavy (non-hydrogen) atoms. The van der Waals surface area contributed by atoms with Gasteiger partial charge in [0.15, 0.2) is 0 Å². The van der Waals surface area contributed by atoms with E-state index in [2.05, 4.69) is 56.4 Å². The third kappa shape index (κ3) is 4.40. The van der Waals surface area contributed by atoms with Crippen molar-refractivity contribution in [1.29, 1.82) is 0 Å². The number of hydrogen-bond acceptors (Lipinski definition) is 8. The zero-order chi connectivity index (χ0) is 15.2. The third-order valence-corrected chi connectivity index (χ3v) is 3.58. The number of anilines is 3. The third-order valence-electron chi connectivity index (χ3n) is 3.58. The van der Waals surface area contributed by atoms with E-state index in [-0.39, 0.29) is 0 Å². The van der Waals surface area contributed by atoms with Crippen molar-refractivity contribution in [2.45, 2.75) is 13.0 Å². The molecule has 1 atom stereocenters. The highest BCUT2D eigenvalue weighted by Crippen LogP contribution is 2.14. The van der Waals surface area contributed by atoms with Crippen molar-refractivity contribution < 1.29 is 4.74 Å². The lowest BCUT2D eigenvalue weighted by Crippen LogP contribution is -2.38. The molecule has 0 aromatic carbocycles. The minimum absolute atomic E-state index is 0.395. The summed E-state index contributed by atoms with van der Waals surface area (Å²) in [6.45, 7) is 5.96. The zero-order valence-electron chi connectivity index (χ0n) is 13.3. The molecule has 1 aliphatic heterocycles. The van der Waals surface area contributed by atoms with Crippen LogP contribution in [0.25, 0.3) is 0 Å². The molecule has 0 bridgehead atoms. The molecule has 2 heterocycles. The lowest BCUT2D eigenvalue weighted by Gasteiger charge is -2.27. The maximum Gasteiger partial charge on any atom is 0.232 e. The number of rotatable bonds is 6. The van der Waals surface area contributed by atoms with E-state index in [0.29, 0.717) is 37.1 Å². The molecule has 2 rings (SSSR count). The standard InChI is InChI=1S/C13H25N7O/c1-10(19(3)4)9-15-12-16-11(14-2)17-13(18-12)20-5-7-21-8-6-20/h10H,5-9H2,1-4H3,(H2,14,15,16,17,18). The van der Waals surface area contributed by atoms with Gasteiger partial charge in [0.05, 0.1) is 13.2 Å². The summed E-state index contributed by atoms with van der Waals surface area (Å²) in [5.41, 5.74) is 0. The average Bonchev–Trinajstić information content (AvgIpc) is 2.52. The van der Waals surface area contributed by atoms with E-state index in [0.717, 1.165) is 19.6 Å². The minimum atomic E-state index is 0.395. The number of aromatic nitrogens is 3. The highest BCUT2D eigenvalue weighted by Gasteiger charge is 2.16. The second kappa shape index (κ2) is 7.37. The Balaban J connectivity index is 2.09. The van der Waals surface area contributed by atoms with Crippen LogP contribution in [0.1, 0.15) is 6.92 Å². The largest absolute Gasteiger partial charge is 0.378 e. The van der Waals surface area contributed by atoms with Crippen molar-refractivity contribution in [3.63, 3.8) is 0 Å². The maximum atomic E-state index is 5.36. The SMILES string of the molecule is CNc1nc(NCC(C)N(C)C)nc(N2CCOCC2)n1. The molecule has 8 nitrogen and oxygen atoms in total. The first-order chi connectivity index (χ1) is 10.1. The maximum absolute atomic E-state index is 5.36. The molecule has 1 aromatic rings. The summed E-state index contributed by atoms with van der Waals surface area (Å²) >= 11 is 0. The van der Waals surface area contributed by atoms with Crippen molar-refractivity contribution in [2.75, 3.05) is 69.5 Å². The number of nitrogens with zero attached hydrogens (tertiary/aromatic N) is 5. The quantitative estimate of drug-likeness (QED) is 0.766. The van der Waals surface area contributed by atoms with E-state index in [9.17, 15) is 0 Å². The monoisotopic (exact) mass is 295 g/mol. The van der Waals surface area contributed by atoms with Gasteiger partial charge in [-0.2, -0.15) is 15.0 Å². The van der Waals surface area contributed by atoms with Crippen molar-refractivity contribution in [3.8, 4) is 0 Å². The normalized spacial score (nSPS) is 16.9. The van der Waals surface area contributed by atoms with Crippen molar-refractivity contribution >= 4 is 17.8 Å². The number of hydrogen-bond donors (Lipinski definition) is 2. The van der Waals surface area contributed by atoms with Gasteiger partial charge >= 0.3 is 0 Å². The van der Waals surface area contributed by atoms with Gasteiger partial charge in [-0.25, -0.2) is 0 Å². The smallest absolute Gasteiger partial charge is 0.232 e. The van der Waals surface area contributed by atoms with Gasteiger partial charge in [0, 0.05) is 32.7 Å². The summed E-state index contributed by atoms with van der Waals surface area (Å²) in [4.78, 5) is 17.6. The molecule has 1 saturated heterocycles. The van der Waals surface area contributed by atoms with E-state index in [1.54, 1.807) is 0 Å². The van der Waals surface area contributed by atoms with Gasteiger partial charge in [-0.05, 0) is 21.0 Å². The highest BCUT2D eigenvalue weighted by atomic mass is 16.5. The van der Waals surface area contributed by atoms with Crippen molar-refractivity contribution in [3.05, 3.63) is 0 Å². The Morgan fingerprint density at radius 1 is 1.19 bits per heavy atom. The van der Waals surface area contributed by atoms with Crippen LogP contribution in [0.2, 0.25) is 0 Å². The molecule has 0 aliphatic carbocycles. The van der Waals surface area contributed by atoms with Crippen LogP contribution in [0, 0.1) is 0 Å². The van der Waals surface area contributed by atoms with Gasteiger partial charge in [-0.15, -0.1) is 0 Å². The molecule has 1 unspecified atom stereocenters. The lowest BCUT2D eigenvalue weighted by molar-refractivity contribution is 0.122. The fourth-order valence-electron chi connectivity index (χ4n) is 1.88. The summed E-state index contributed by atoms with van der Waals surface area (Å²) in [6.07, 6.45) is 0.